The second-order valence-electron chi connectivity index (χ2n) is 2.54. The molecule has 2 nitrogen and oxygen atoms in total. The number of hydrogen-bond donors (Lipinski definition) is 0. The highest BCUT2D eigenvalue weighted by molar-refractivity contribution is 14.1. The number of hydrogen-bond acceptors (Lipinski definition) is 2. The van der Waals surface area contributed by atoms with E-state index in [1.165, 1.54) is 12.1 Å². The maximum absolute atomic E-state index is 13.1. The predicted octanol–water partition coefficient (Wildman–Crippen LogP) is 2.99. The first kappa shape index (κ1) is 8.68. The lowest BCUT2D eigenvalue weighted by atomic mass is 10.1. The van der Waals surface area contributed by atoms with Gasteiger partial charge in [-0.15, -0.1) is 0 Å². The monoisotopic (exact) mass is 290 g/mol. The number of rotatable bonds is 1. The molecule has 0 aliphatic rings. The Bertz CT molecular complexity index is 476. The van der Waals surface area contributed by atoms with Crippen LogP contribution in [-0.2, 0) is 0 Å². The van der Waals surface area contributed by atoms with Gasteiger partial charge in [0.15, 0.2) is 10.1 Å². The summed E-state index contributed by atoms with van der Waals surface area (Å²) in [5, 5.41) is 0.527. The largest absolute Gasteiger partial charge is 0.450 e. The molecular formula is C9H4FIO2. The molecule has 0 spiro atoms. The van der Waals surface area contributed by atoms with Crippen molar-refractivity contribution >= 4 is 39.8 Å². The molecule has 2 rings (SSSR count). The Morgan fingerprint density at radius 1 is 1.46 bits per heavy atom. The number of fused-ring (bicyclic) bond motifs is 1. The lowest BCUT2D eigenvalue weighted by Crippen LogP contribution is -1.86. The molecular weight excluding hydrogens is 286 g/mol. The van der Waals surface area contributed by atoms with Gasteiger partial charge in [0.2, 0.25) is 0 Å². The third-order valence-corrected chi connectivity index (χ3v) is 2.31. The van der Waals surface area contributed by atoms with E-state index in [-0.39, 0.29) is 5.56 Å². The Morgan fingerprint density at radius 3 is 2.92 bits per heavy atom. The topological polar surface area (TPSA) is 30.2 Å². The van der Waals surface area contributed by atoms with E-state index in [1.54, 1.807) is 6.07 Å². The first-order chi connectivity index (χ1) is 6.22. The van der Waals surface area contributed by atoms with Gasteiger partial charge in [0.1, 0.15) is 11.4 Å². The molecule has 0 saturated heterocycles. The minimum absolute atomic E-state index is 0.0594. The van der Waals surface area contributed by atoms with E-state index in [9.17, 15) is 9.18 Å². The van der Waals surface area contributed by atoms with Gasteiger partial charge in [0.05, 0.1) is 5.56 Å². The zero-order valence-electron chi connectivity index (χ0n) is 6.38. The van der Waals surface area contributed by atoms with Crippen LogP contribution in [0.15, 0.2) is 22.6 Å². The van der Waals surface area contributed by atoms with Crippen LogP contribution in [0.1, 0.15) is 10.4 Å². The van der Waals surface area contributed by atoms with Crippen molar-refractivity contribution in [3.8, 4) is 0 Å². The van der Waals surface area contributed by atoms with Crippen LogP contribution in [0.25, 0.3) is 11.0 Å². The summed E-state index contributed by atoms with van der Waals surface area (Å²) < 4.78 is 18.9. The van der Waals surface area contributed by atoms with Crippen LogP contribution in [0.5, 0.6) is 0 Å². The Kier molecular flexibility index (Phi) is 2.07. The lowest BCUT2D eigenvalue weighted by molar-refractivity contribution is 0.112. The summed E-state index contributed by atoms with van der Waals surface area (Å²) in [6.45, 7) is 0. The normalized spacial score (nSPS) is 10.6. The van der Waals surface area contributed by atoms with Gasteiger partial charge in [0, 0.05) is 5.39 Å². The molecule has 0 radical (unpaired) electrons. The number of carbonyl (C=O) groups excluding carboxylic acids is 1. The Balaban J connectivity index is 2.90. The first-order valence-corrected chi connectivity index (χ1v) is 4.63. The summed E-state index contributed by atoms with van der Waals surface area (Å²) in [5.74, 6) is -0.514. The zero-order chi connectivity index (χ0) is 9.42. The average Bonchev–Trinajstić information content (AvgIpc) is 2.45. The van der Waals surface area contributed by atoms with Gasteiger partial charge in [-0.05, 0) is 40.8 Å². The third-order valence-electron chi connectivity index (χ3n) is 1.78. The summed E-state index contributed by atoms with van der Waals surface area (Å²) in [7, 11) is 0. The molecule has 0 bridgehead atoms. The maximum atomic E-state index is 13.1. The Hall–Kier alpha value is -0.910. The molecule has 66 valence electrons. The fourth-order valence-corrected chi connectivity index (χ4v) is 1.74. The fraction of sp³-hybridized carbons (Fsp3) is 0. The van der Waals surface area contributed by atoms with E-state index in [2.05, 4.69) is 0 Å². The van der Waals surface area contributed by atoms with Crippen LogP contribution in [0.4, 0.5) is 4.39 Å². The third kappa shape index (κ3) is 1.35. The summed E-state index contributed by atoms with van der Waals surface area (Å²) in [6.07, 6.45) is 0.503. The molecule has 0 atom stereocenters. The number of benzene rings is 1. The molecule has 13 heavy (non-hydrogen) atoms. The second kappa shape index (κ2) is 3.10. The van der Waals surface area contributed by atoms with Crippen molar-refractivity contribution in [1.29, 1.82) is 0 Å². The van der Waals surface area contributed by atoms with Gasteiger partial charge >= 0.3 is 0 Å². The highest BCUT2D eigenvalue weighted by Gasteiger charge is 2.10. The molecule has 0 amide bonds. The van der Waals surface area contributed by atoms with Crippen molar-refractivity contribution in [2.45, 2.75) is 0 Å². The van der Waals surface area contributed by atoms with Gasteiger partial charge in [0.25, 0.3) is 0 Å². The van der Waals surface area contributed by atoms with Crippen LogP contribution >= 0.6 is 22.6 Å². The van der Waals surface area contributed by atoms with Crippen LogP contribution in [0.2, 0.25) is 0 Å². The van der Waals surface area contributed by atoms with Gasteiger partial charge in [-0.2, -0.15) is 0 Å². The SMILES string of the molecule is O=Cc1c(F)ccc2oc(I)cc12. The van der Waals surface area contributed by atoms with Gasteiger partial charge in [-0.1, -0.05) is 0 Å². The van der Waals surface area contributed by atoms with Crippen LogP contribution in [-0.4, -0.2) is 6.29 Å². The minimum Gasteiger partial charge on any atom is -0.450 e. The molecule has 0 aliphatic heterocycles. The summed E-state index contributed by atoms with van der Waals surface area (Å²) in [4.78, 5) is 10.6. The van der Waals surface area contributed by atoms with Crippen molar-refractivity contribution in [3.63, 3.8) is 0 Å². The standard InChI is InChI=1S/C9H4FIO2/c10-7-1-2-8-5(6(7)4-12)3-9(11)13-8/h1-4H. The second-order valence-corrected chi connectivity index (χ2v) is 3.60. The maximum Gasteiger partial charge on any atom is 0.165 e. The summed E-state index contributed by atoms with van der Waals surface area (Å²) in [5.41, 5.74) is 0.595. The number of halogens is 2. The van der Waals surface area contributed by atoms with Crippen molar-refractivity contribution in [3.05, 3.63) is 33.3 Å². The highest BCUT2D eigenvalue weighted by atomic mass is 127. The van der Waals surface area contributed by atoms with E-state index < -0.39 is 5.82 Å². The predicted molar refractivity (Wildman–Crippen MR) is 54.3 cm³/mol. The highest BCUT2D eigenvalue weighted by Crippen LogP contribution is 2.24. The number of carbonyl (C=O) groups is 1. The van der Waals surface area contributed by atoms with E-state index in [0.29, 0.717) is 21.0 Å². The van der Waals surface area contributed by atoms with E-state index in [4.69, 9.17) is 4.42 Å². The smallest absolute Gasteiger partial charge is 0.165 e. The lowest BCUT2D eigenvalue weighted by Gasteiger charge is -1.93. The van der Waals surface area contributed by atoms with Gasteiger partial charge in [-0.25, -0.2) is 4.39 Å². The van der Waals surface area contributed by atoms with Crippen molar-refractivity contribution < 1.29 is 13.6 Å². The van der Waals surface area contributed by atoms with E-state index in [1.807, 2.05) is 22.6 Å². The average molecular weight is 290 g/mol. The van der Waals surface area contributed by atoms with Gasteiger partial charge in [-0.3, -0.25) is 4.79 Å². The van der Waals surface area contributed by atoms with Crippen molar-refractivity contribution in [2.75, 3.05) is 0 Å². The number of furan rings is 1. The summed E-state index contributed by atoms with van der Waals surface area (Å²) >= 11 is 1.97. The van der Waals surface area contributed by atoms with Crippen molar-refractivity contribution in [1.82, 2.24) is 0 Å². The van der Waals surface area contributed by atoms with E-state index >= 15 is 0 Å². The zero-order valence-corrected chi connectivity index (χ0v) is 8.54. The van der Waals surface area contributed by atoms with Crippen LogP contribution < -0.4 is 0 Å². The molecule has 1 aromatic heterocycles. The molecule has 1 heterocycles. The minimum atomic E-state index is -0.514. The van der Waals surface area contributed by atoms with E-state index in [0.717, 1.165) is 0 Å². The quantitative estimate of drug-likeness (QED) is 0.597. The Morgan fingerprint density at radius 2 is 2.23 bits per heavy atom. The van der Waals surface area contributed by atoms with Crippen LogP contribution in [0, 0.1) is 9.58 Å². The van der Waals surface area contributed by atoms with Gasteiger partial charge < -0.3 is 4.42 Å². The molecule has 0 aliphatic carbocycles. The fourth-order valence-electron chi connectivity index (χ4n) is 1.20. The molecule has 0 N–H and O–H groups in total. The molecule has 0 saturated carbocycles. The summed E-state index contributed by atoms with van der Waals surface area (Å²) in [6, 6.07) is 4.38. The Labute approximate surface area is 86.9 Å². The molecule has 1 aromatic carbocycles. The molecule has 0 unspecified atom stereocenters. The molecule has 0 fully saturated rings. The molecule has 4 heteroatoms. The number of aldehydes is 1. The van der Waals surface area contributed by atoms with Crippen molar-refractivity contribution in [2.24, 2.45) is 0 Å². The first-order valence-electron chi connectivity index (χ1n) is 3.55. The van der Waals surface area contributed by atoms with Crippen LogP contribution in [0.3, 0.4) is 0 Å². The molecule has 2 aromatic rings.